The van der Waals surface area contributed by atoms with Crippen LogP contribution in [0.25, 0.3) is 0 Å². The lowest BCUT2D eigenvalue weighted by atomic mass is 10.2. The molecule has 0 aliphatic carbocycles. The standard InChI is InChI=1S/C15H21N3O4S/c1-12(11-16)17-6-8-18(9-7-17)23(19,20)13-4-5-14(21-2)15(10-13)22-3/h4-5,10,12H,6-9H2,1-3H3/t12-/m1/s1. The topological polar surface area (TPSA) is 82.9 Å². The molecule has 0 bridgehead atoms. The van der Waals surface area contributed by atoms with E-state index in [1.54, 1.807) is 6.07 Å². The molecule has 1 atom stereocenters. The van der Waals surface area contributed by atoms with Crippen LogP contribution in [0.1, 0.15) is 6.92 Å². The molecule has 126 valence electrons. The normalized spacial score (nSPS) is 18.2. The minimum absolute atomic E-state index is 0.178. The van der Waals surface area contributed by atoms with E-state index < -0.39 is 10.0 Å². The minimum atomic E-state index is -3.59. The highest BCUT2D eigenvalue weighted by Gasteiger charge is 2.30. The molecular weight excluding hydrogens is 318 g/mol. The van der Waals surface area contributed by atoms with E-state index in [0.29, 0.717) is 37.7 Å². The van der Waals surface area contributed by atoms with Gasteiger partial charge in [-0.3, -0.25) is 4.90 Å². The summed E-state index contributed by atoms with van der Waals surface area (Å²) in [7, 11) is -0.617. The van der Waals surface area contributed by atoms with Gasteiger partial charge in [0.05, 0.1) is 31.2 Å². The molecule has 1 aromatic rings. The predicted octanol–water partition coefficient (Wildman–Crippen LogP) is 0.922. The van der Waals surface area contributed by atoms with Gasteiger partial charge in [0.1, 0.15) is 0 Å². The molecule has 0 amide bonds. The molecule has 0 N–H and O–H groups in total. The molecule has 7 nitrogen and oxygen atoms in total. The van der Waals surface area contributed by atoms with Crippen molar-refractivity contribution in [2.24, 2.45) is 0 Å². The third-order valence-electron chi connectivity index (χ3n) is 4.00. The molecule has 0 aromatic heterocycles. The average molecular weight is 339 g/mol. The van der Waals surface area contributed by atoms with Gasteiger partial charge in [0.15, 0.2) is 11.5 Å². The van der Waals surface area contributed by atoms with Crippen molar-refractivity contribution in [2.45, 2.75) is 17.9 Å². The first-order valence-corrected chi connectivity index (χ1v) is 8.74. The first-order chi connectivity index (χ1) is 10.9. The maximum absolute atomic E-state index is 12.7. The molecule has 1 saturated heterocycles. The summed E-state index contributed by atoms with van der Waals surface area (Å²) in [4.78, 5) is 2.15. The van der Waals surface area contributed by atoms with Crippen molar-refractivity contribution in [2.75, 3.05) is 40.4 Å². The van der Waals surface area contributed by atoms with E-state index in [4.69, 9.17) is 14.7 Å². The van der Waals surface area contributed by atoms with Crippen molar-refractivity contribution in [1.29, 1.82) is 5.26 Å². The van der Waals surface area contributed by atoms with E-state index in [-0.39, 0.29) is 10.9 Å². The van der Waals surface area contributed by atoms with Crippen LogP contribution in [0.2, 0.25) is 0 Å². The highest BCUT2D eigenvalue weighted by Crippen LogP contribution is 2.30. The van der Waals surface area contributed by atoms with Gasteiger partial charge in [-0.15, -0.1) is 0 Å². The molecule has 2 rings (SSSR count). The third kappa shape index (κ3) is 3.58. The first-order valence-electron chi connectivity index (χ1n) is 7.30. The zero-order valence-electron chi connectivity index (χ0n) is 13.5. The van der Waals surface area contributed by atoms with Gasteiger partial charge in [0.2, 0.25) is 10.0 Å². The van der Waals surface area contributed by atoms with Crippen LogP contribution in [-0.2, 0) is 10.0 Å². The zero-order chi connectivity index (χ0) is 17.0. The smallest absolute Gasteiger partial charge is 0.243 e. The number of benzene rings is 1. The maximum atomic E-state index is 12.7. The molecule has 0 saturated carbocycles. The molecule has 1 heterocycles. The van der Waals surface area contributed by atoms with Crippen LogP contribution < -0.4 is 9.47 Å². The first kappa shape index (κ1) is 17.5. The summed E-state index contributed by atoms with van der Waals surface area (Å²) in [6.07, 6.45) is 0. The summed E-state index contributed by atoms with van der Waals surface area (Å²) in [6, 6.07) is 6.54. The number of rotatable bonds is 5. The summed E-state index contributed by atoms with van der Waals surface area (Å²) in [5.74, 6) is 0.865. The molecule has 0 spiro atoms. The largest absolute Gasteiger partial charge is 0.493 e. The zero-order valence-corrected chi connectivity index (χ0v) is 14.3. The molecular formula is C15H21N3O4S. The van der Waals surface area contributed by atoms with Gasteiger partial charge < -0.3 is 9.47 Å². The Morgan fingerprint density at radius 2 is 1.74 bits per heavy atom. The number of methoxy groups -OCH3 is 2. The molecule has 23 heavy (non-hydrogen) atoms. The van der Waals surface area contributed by atoms with Crippen LogP contribution in [0, 0.1) is 11.3 Å². The van der Waals surface area contributed by atoms with Crippen molar-refractivity contribution in [3.8, 4) is 17.6 Å². The second-order valence-electron chi connectivity index (χ2n) is 5.26. The lowest BCUT2D eigenvalue weighted by Crippen LogP contribution is -2.50. The van der Waals surface area contributed by atoms with Crippen molar-refractivity contribution in [3.05, 3.63) is 18.2 Å². The molecule has 0 radical (unpaired) electrons. The Morgan fingerprint density at radius 3 is 2.26 bits per heavy atom. The third-order valence-corrected chi connectivity index (χ3v) is 5.90. The van der Waals surface area contributed by atoms with Crippen molar-refractivity contribution >= 4 is 10.0 Å². The van der Waals surface area contributed by atoms with Gasteiger partial charge in [0, 0.05) is 32.2 Å². The summed E-state index contributed by atoms with van der Waals surface area (Å²) >= 11 is 0. The molecule has 8 heteroatoms. The van der Waals surface area contributed by atoms with E-state index >= 15 is 0 Å². The van der Waals surface area contributed by atoms with Crippen LogP contribution >= 0.6 is 0 Å². The molecule has 1 aliphatic heterocycles. The van der Waals surface area contributed by atoms with Gasteiger partial charge in [-0.2, -0.15) is 9.57 Å². The lowest BCUT2D eigenvalue weighted by Gasteiger charge is -2.35. The number of hydrogen-bond donors (Lipinski definition) is 0. The highest BCUT2D eigenvalue weighted by atomic mass is 32.2. The van der Waals surface area contributed by atoms with Gasteiger partial charge >= 0.3 is 0 Å². The van der Waals surface area contributed by atoms with Crippen LogP contribution in [0.3, 0.4) is 0 Å². The molecule has 0 unspecified atom stereocenters. The summed E-state index contributed by atoms with van der Waals surface area (Å²) in [6.45, 7) is 3.63. The summed E-state index contributed by atoms with van der Waals surface area (Å²) in [5.41, 5.74) is 0. The minimum Gasteiger partial charge on any atom is -0.493 e. The number of piperazine rings is 1. The van der Waals surface area contributed by atoms with E-state index in [2.05, 4.69) is 6.07 Å². The van der Waals surface area contributed by atoms with E-state index in [1.165, 1.54) is 30.7 Å². The van der Waals surface area contributed by atoms with Crippen LogP contribution in [0.4, 0.5) is 0 Å². The Balaban J connectivity index is 2.19. The summed E-state index contributed by atoms with van der Waals surface area (Å²) in [5, 5.41) is 8.95. The Labute approximate surface area is 137 Å². The predicted molar refractivity (Wildman–Crippen MR) is 85.0 cm³/mol. The Morgan fingerprint density at radius 1 is 1.13 bits per heavy atom. The van der Waals surface area contributed by atoms with Gasteiger partial charge in [-0.1, -0.05) is 0 Å². The number of ether oxygens (including phenoxy) is 2. The fraction of sp³-hybridized carbons (Fsp3) is 0.533. The quantitative estimate of drug-likeness (QED) is 0.793. The van der Waals surface area contributed by atoms with Gasteiger partial charge in [-0.05, 0) is 19.1 Å². The van der Waals surface area contributed by atoms with Gasteiger partial charge in [0.25, 0.3) is 0 Å². The van der Waals surface area contributed by atoms with E-state index in [0.717, 1.165) is 0 Å². The second kappa shape index (κ2) is 7.17. The molecule has 1 aromatic carbocycles. The number of nitriles is 1. The van der Waals surface area contributed by atoms with E-state index in [9.17, 15) is 8.42 Å². The Hall–Kier alpha value is -1.82. The van der Waals surface area contributed by atoms with Crippen molar-refractivity contribution in [3.63, 3.8) is 0 Å². The van der Waals surface area contributed by atoms with Crippen LogP contribution in [-0.4, -0.2) is 64.1 Å². The van der Waals surface area contributed by atoms with Gasteiger partial charge in [-0.25, -0.2) is 8.42 Å². The SMILES string of the molecule is COc1ccc(S(=O)(=O)N2CCN([C@H](C)C#N)CC2)cc1OC. The molecule has 1 aliphatic rings. The lowest BCUT2D eigenvalue weighted by molar-refractivity contribution is 0.169. The Kier molecular flexibility index (Phi) is 5.46. The van der Waals surface area contributed by atoms with Crippen LogP contribution in [0.15, 0.2) is 23.1 Å². The number of nitrogens with zero attached hydrogens (tertiary/aromatic N) is 3. The Bertz CT molecular complexity index is 691. The average Bonchev–Trinajstić information content (AvgIpc) is 2.60. The molecule has 1 fully saturated rings. The summed E-state index contributed by atoms with van der Waals surface area (Å²) < 4.78 is 37.2. The second-order valence-corrected chi connectivity index (χ2v) is 7.20. The highest BCUT2D eigenvalue weighted by molar-refractivity contribution is 7.89. The maximum Gasteiger partial charge on any atom is 0.243 e. The fourth-order valence-corrected chi connectivity index (χ4v) is 3.98. The fourth-order valence-electron chi connectivity index (χ4n) is 2.54. The van der Waals surface area contributed by atoms with E-state index in [1.807, 2.05) is 11.8 Å². The monoisotopic (exact) mass is 339 g/mol. The van der Waals surface area contributed by atoms with Crippen molar-refractivity contribution < 1.29 is 17.9 Å². The van der Waals surface area contributed by atoms with Crippen LogP contribution in [0.5, 0.6) is 11.5 Å². The number of hydrogen-bond acceptors (Lipinski definition) is 6. The van der Waals surface area contributed by atoms with Crippen molar-refractivity contribution in [1.82, 2.24) is 9.21 Å². The number of sulfonamides is 1.